The third kappa shape index (κ3) is 38.0. The van der Waals surface area contributed by atoms with Gasteiger partial charge in [0.15, 0.2) is 6.10 Å². The number of aliphatic hydroxyl groups is 1. The number of carbonyl (C=O) groups excluding carboxylic acids is 2. The molecule has 0 aliphatic rings. The fourth-order valence-corrected chi connectivity index (χ4v) is 5.27. The van der Waals surface area contributed by atoms with Crippen LogP contribution in [-0.4, -0.2) is 36.4 Å². The Bertz CT molecular complexity index is 910. The van der Waals surface area contributed by atoms with Gasteiger partial charge in [-0.05, 0) is 70.6 Å². The molecule has 0 rings (SSSR count). The summed E-state index contributed by atoms with van der Waals surface area (Å²) in [7, 11) is 0. The van der Waals surface area contributed by atoms with E-state index >= 15 is 0 Å². The molecule has 5 nitrogen and oxygen atoms in total. The second-order valence-corrected chi connectivity index (χ2v) is 13.0. The van der Waals surface area contributed by atoms with Crippen LogP contribution >= 0.6 is 0 Å². The molecule has 49 heavy (non-hydrogen) atoms. The zero-order valence-corrected chi connectivity index (χ0v) is 31.7. The van der Waals surface area contributed by atoms with Gasteiger partial charge < -0.3 is 14.6 Å². The highest BCUT2D eigenvalue weighted by atomic mass is 16.6. The molecule has 0 aromatic carbocycles. The van der Waals surface area contributed by atoms with Crippen LogP contribution in [0.4, 0.5) is 0 Å². The summed E-state index contributed by atoms with van der Waals surface area (Å²) in [6, 6.07) is 0. The average Bonchev–Trinajstić information content (AvgIpc) is 3.10. The summed E-state index contributed by atoms with van der Waals surface area (Å²) >= 11 is 0. The van der Waals surface area contributed by atoms with Gasteiger partial charge in [0.25, 0.3) is 0 Å². The van der Waals surface area contributed by atoms with Crippen molar-refractivity contribution in [1.82, 2.24) is 0 Å². The molecule has 0 heterocycles. The van der Waals surface area contributed by atoms with Gasteiger partial charge >= 0.3 is 11.9 Å². The van der Waals surface area contributed by atoms with Crippen molar-refractivity contribution >= 4 is 11.9 Å². The quantitative estimate of drug-likeness (QED) is 0.0312. The molecule has 5 heteroatoms. The molecule has 0 spiro atoms. The zero-order valence-electron chi connectivity index (χ0n) is 31.7. The highest BCUT2D eigenvalue weighted by molar-refractivity contribution is 5.70. The molecule has 0 aliphatic heterocycles. The van der Waals surface area contributed by atoms with Gasteiger partial charge in [-0.2, -0.15) is 0 Å². The number of hydrogen-bond acceptors (Lipinski definition) is 5. The first-order valence-electron chi connectivity index (χ1n) is 20.0. The maximum atomic E-state index is 12.2. The predicted octanol–water partition coefficient (Wildman–Crippen LogP) is 12.6. The number of rotatable bonds is 35. The first-order valence-corrected chi connectivity index (χ1v) is 20.0. The minimum Gasteiger partial charge on any atom is -0.462 e. The Hall–Kier alpha value is -2.66. The summed E-state index contributed by atoms with van der Waals surface area (Å²) < 4.78 is 10.6. The summed E-state index contributed by atoms with van der Waals surface area (Å²) in [5.74, 6) is -0.627. The van der Waals surface area contributed by atoms with Crippen LogP contribution in [0.2, 0.25) is 0 Å². The van der Waals surface area contributed by atoms with Gasteiger partial charge in [-0.3, -0.25) is 9.59 Å². The lowest BCUT2D eigenvalue weighted by Crippen LogP contribution is -2.28. The summed E-state index contributed by atoms with van der Waals surface area (Å²) in [5.41, 5.74) is 0. The molecule has 0 saturated heterocycles. The molecule has 1 atom stereocenters. The van der Waals surface area contributed by atoms with Crippen molar-refractivity contribution in [2.75, 3.05) is 13.2 Å². The van der Waals surface area contributed by atoms with E-state index in [1.165, 1.54) is 70.6 Å². The number of ether oxygens (including phenoxy) is 2. The Balaban J connectivity index is 3.59. The monoisotopic (exact) mass is 683 g/mol. The van der Waals surface area contributed by atoms with Crippen LogP contribution in [-0.2, 0) is 19.1 Å². The van der Waals surface area contributed by atoms with Crippen molar-refractivity contribution < 1.29 is 24.2 Å². The van der Waals surface area contributed by atoms with Crippen LogP contribution in [0.5, 0.6) is 0 Å². The molecule has 0 radical (unpaired) electrons. The molecule has 0 fully saturated rings. The SMILES string of the molecule is CC/C=C/C=C/C=C/CCCCCCCC(=O)OCC(CO)OC(=O)CCCCCCCCCCC/C=C/C/C=C/C/C=C/CCCCC. The first-order chi connectivity index (χ1) is 24.1. The molecule has 0 bridgehead atoms. The van der Waals surface area contributed by atoms with Crippen LogP contribution in [0.1, 0.15) is 174 Å². The molecule has 1 unspecified atom stereocenters. The Morgan fingerprint density at radius 2 is 0.959 bits per heavy atom. The summed E-state index contributed by atoms with van der Waals surface area (Å²) in [6.45, 7) is 3.94. The smallest absolute Gasteiger partial charge is 0.306 e. The number of carbonyl (C=O) groups is 2. The van der Waals surface area contributed by atoms with Gasteiger partial charge in [0.1, 0.15) is 6.61 Å². The Morgan fingerprint density at radius 3 is 1.49 bits per heavy atom. The van der Waals surface area contributed by atoms with Crippen LogP contribution in [0, 0.1) is 0 Å². The maximum Gasteiger partial charge on any atom is 0.306 e. The van der Waals surface area contributed by atoms with Crippen molar-refractivity contribution in [3.63, 3.8) is 0 Å². The Kier molecular flexibility index (Phi) is 37.6. The van der Waals surface area contributed by atoms with E-state index in [1.54, 1.807) is 0 Å². The van der Waals surface area contributed by atoms with Crippen molar-refractivity contribution in [3.05, 3.63) is 72.9 Å². The first kappa shape index (κ1) is 46.3. The molecule has 0 aliphatic carbocycles. The number of aliphatic hydroxyl groups excluding tert-OH is 1. The second kappa shape index (κ2) is 39.8. The molecule has 0 saturated carbocycles. The number of hydrogen-bond donors (Lipinski definition) is 1. The average molecular weight is 683 g/mol. The lowest BCUT2D eigenvalue weighted by Gasteiger charge is -2.15. The standard InChI is InChI=1S/C44H74O5/c1-3-5-7-9-11-13-15-17-18-19-20-21-22-23-24-25-27-29-31-33-35-37-39-44(47)49-42(40-45)41-48-43(46)38-36-34-32-30-28-26-16-14-12-10-8-6-4-2/h6,8,10-14,16-18,20-21,42,45H,3-5,7,9,15,19,22-41H2,1-2H3/b8-6+,12-10+,13-11+,16-14+,18-17+,21-20+. The van der Waals surface area contributed by atoms with Gasteiger partial charge in [-0.15, -0.1) is 0 Å². The molecular weight excluding hydrogens is 608 g/mol. The van der Waals surface area contributed by atoms with Crippen LogP contribution in [0.15, 0.2) is 72.9 Å². The molecule has 1 N–H and O–H groups in total. The number of allylic oxidation sites excluding steroid dienone is 12. The van der Waals surface area contributed by atoms with Gasteiger partial charge in [0, 0.05) is 12.8 Å². The molecule has 0 aromatic heterocycles. The molecule has 0 amide bonds. The van der Waals surface area contributed by atoms with Crippen LogP contribution < -0.4 is 0 Å². The summed E-state index contributed by atoms with van der Waals surface area (Å²) in [4.78, 5) is 24.2. The highest BCUT2D eigenvalue weighted by Gasteiger charge is 2.16. The predicted molar refractivity (Wildman–Crippen MR) is 210 cm³/mol. The van der Waals surface area contributed by atoms with Gasteiger partial charge in [0.05, 0.1) is 6.61 Å². The number of unbranched alkanes of at least 4 members (excludes halogenated alkanes) is 17. The maximum absolute atomic E-state index is 12.2. The van der Waals surface area contributed by atoms with E-state index in [2.05, 4.69) is 80.7 Å². The minimum atomic E-state index is -0.785. The van der Waals surface area contributed by atoms with Crippen molar-refractivity contribution in [2.24, 2.45) is 0 Å². The fourth-order valence-electron chi connectivity index (χ4n) is 5.27. The lowest BCUT2D eigenvalue weighted by atomic mass is 10.1. The van der Waals surface area contributed by atoms with E-state index in [-0.39, 0.29) is 25.2 Å². The van der Waals surface area contributed by atoms with Crippen LogP contribution in [0.25, 0.3) is 0 Å². The summed E-state index contributed by atoms with van der Waals surface area (Å²) in [6.07, 6.45) is 52.5. The van der Waals surface area contributed by atoms with Crippen molar-refractivity contribution in [2.45, 2.75) is 180 Å². The largest absolute Gasteiger partial charge is 0.462 e. The van der Waals surface area contributed by atoms with E-state index < -0.39 is 6.10 Å². The van der Waals surface area contributed by atoms with Crippen molar-refractivity contribution in [3.8, 4) is 0 Å². The summed E-state index contributed by atoms with van der Waals surface area (Å²) in [5, 5.41) is 9.55. The number of esters is 2. The van der Waals surface area contributed by atoms with Gasteiger partial charge in [-0.25, -0.2) is 0 Å². The highest BCUT2D eigenvalue weighted by Crippen LogP contribution is 2.13. The van der Waals surface area contributed by atoms with Crippen LogP contribution in [0.3, 0.4) is 0 Å². The van der Waals surface area contributed by atoms with E-state index in [1.807, 2.05) is 6.08 Å². The topological polar surface area (TPSA) is 72.8 Å². The normalized spacial score (nSPS) is 13.0. The minimum absolute atomic E-state index is 0.0823. The second-order valence-electron chi connectivity index (χ2n) is 13.0. The third-order valence-corrected chi connectivity index (χ3v) is 8.30. The van der Waals surface area contributed by atoms with Crippen molar-refractivity contribution in [1.29, 1.82) is 0 Å². The lowest BCUT2D eigenvalue weighted by molar-refractivity contribution is -0.161. The van der Waals surface area contributed by atoms with E-state index in [9.17, 15) is 14.7 Å². The van der Waals surface area contributed by atoms with E-state index in [4.69, 9.17) is 9.47 Å². The Morgan fingerprint density at radius 1 is 0.510 bits per heavy atom. The molecule has 280 valence electrons. The van der Waals surface area contributed by atoms with Gasteiger partial charge in [0.2, 0.25) is 0 Å². The zero-order chi connectivity index (χ0) is 35.7. The Labute approximate surface area is 302 Å². The van der Waals surface area contributed by atoms with E-state index in [0.717, 1.165) is 77.0 Å². The fraction of sp³-hybridized carbons (Fsp3) is 0.682. The van der Waals surface area contributed by atoms with Gasteiger partial charge in [-0.1, -0.05) is 164 Å². The third-order valence-electron chi connectivity index (χ3n) is 8.30. The van der Waals surface area contributed by atoms with E-state index in [0.29, 0.717) is 12.8 Å². The molecular formula is C44H74O5. The molecule has 0 aromatic rings.